The van der Waals surface area contributed by atoms with Crippen LogP contribution in [-0.4, -0.2) is 34.7 Å². The second-order valence-corrected chi connectivity index (χ2v) is 7.42. The van der Waals surface area contributed by atoms with E-state index in [-0.39, 0.29) is 5.97 Å². The van der Waals surface area contributed by atoms with Crippen LogP contribution < -0.4 is 0 Å². The van der Waals surface area contributed by atoms with Crippen LogP contribution >= 0.6 is 0 Å². The van der Waals surface area contributed by atoms with E-state index >= 15 is 0 Å². The highest BCUT2D eigenvalue weighted by molar-refractivity contribution is 5.91. The Balaban J connectivity index is 1.50. The first-order chi connectivity index (χ1) is 12.7. The van der Waals surface area contributed by atoms with Gasteiger partial charge in [-0.3, -0.25) is 4.90 Å². The summed E-state index contributed by atoms with van der Waals surface area (Å²) in [5, 5.41) is 4.17. The maximum Gasteiger partial charge on any atom is 0.343 e. The van der Waals surface area contributed by atoms with E-state index in [1.165, 1.54) is 31.2 Å². The molecule has 5 nitrogen and oxygen atoms in total. The molecule has 4 rings (SSSR count). The molecule has 3 heterocycles. The molecule has 2 fully saturated rings. The third-order valence-corrected chi connectivity index (χ3v) is 5.90. The molecule has 1 aromatic carbocycles. The van der Waals surface area contributed by atoms with Gasteiger partial charge in [-0.25, -0.2) is 4.79 Å². The summed E-state index contributed by atoms with van der Waals surface area (Å²) >= 11 is 0. The Labute approximate surface area is 154 Å². The summed E-state index contributed by atoms with van der Waals surface area (Å²) in [6.07, 6.45) is 4.79. The third kappa shape index (κ3) is 3.16. The predicted molar refractivity (Wildman–Crippen MR) is 98.0 cm³/mol. The van der Waals surface area contributed by atoms with E-state index < -0.39 is 0 Å². The molecule has 138 valence electrons. The second-order valence-electron chi connectivity index (χ2n) is 7.42. The number of benzene rings is 1. The minimum atomic E-state index is -0.326. The second kappa shape index (κ2) is 7.23. The smallest absolute Gasteiger partial charge is 0.343 e. The molecule has 26 heavy (non-hydrogen) atoms. The van der Waals surface area contributed by atoms with E-state index in [0.29, 0.717) is 42.5 Å². The van der Waals surface area contributed by atoms with Crippen molar-refractivity contribution in [3.63, 3.8) is 0 Å². The van der Waals surface area contributed by atoms with Gasteiger partial charge in [0.1, 0.15) is 17.0 Å². The van der Waals surface area contributed by atoms with Gasteiger partial charge in [-0.2, -0.15) is 0 Å². The van der Waals surface area contributed by atoms with Crippen molar-refractivity contribution < 1.29 is 14.1 Å². The molecule has 1 aromatic heterocycles. The van der Waals surface area contributed by atoms with Gasteiger partial charge in [-0.15, -0.1) is 0 Å². The lowest BCUT2D eigenvalue weighted by atomic mass is 9.85. The molecule has 0 spiro atoms. The molecule has 0 saturated carbocycles. The van der Waals surface area contributed by atoms with Gasteiger partial charge in [-0.1, -0.05) is 35.5 Å². The highest BCUT2D eigenvalue weighted by atomic mass is 16.5. The van der Waals surface area contributed by atoms with Crippen LogP contribution in [0.1, 0.15) is 65.9 Å². The third-order valence-electron chi connectivity index (χ3n) is 5.90. The number of nitrogens with zero attached hydrogens (tertiary/aromatic N) is 2. The Bertz CT molecular complexity index is 757. The fraction of sp³-hybridized carbons (Fsp3) is 0.524. The minimum Gasteiger partial charge on any atom is -0.462 e. The van der Waals surface area contributed by atoms with Crippen LogP contribution in [0, 0.1) is 6.92 Å². The first-order valence-electron chi connectivity index (χ1n) is 9.60. The molecule has 1 unspecified atom stereocenters. The standard InChI is InChI=1S/C21H26N2O3/c1-3-25-21(24)20-14(2)26-22-19(20)13-23-17-9-10-18(23)12-16(11-17)15-7-5-4-6-8-15/h4-8,16-18H,3,9-13H2,1-2H3/t16?,17-,18+. The normalized spacial score (nSPS) is 25.4. The summed E-state index contributed by atoms with van der Waals surface area (Å²) in [6, 6.07) is 11.9. The fourth-order valence-corrected chi connectivity index (χ4v) is 4.69. The maximum absolute atomic E-state index is 12.3. The van der Waals surface area contributed by atoms with Crippen molar-refractivity contribution in [2.75, 3.05) is 6.61 Å². The van der Waals surface area contributed by atoms with Crippen molar-refractivity contribution in [1.82, 2.24) is 10.1 Å². The highest BCUT2D eigenvalue weighted by Gasteiger charge is 2.41. The molecule has 2 aliphatic heterocycles. The van der Waals surface area contributed by atoms with Crippen LogP contribution in [0.4, 0.5) is 0 Å². The lowest BCUT2D eigenvalue weighted by Crippen LogP contribution is -2.42. The molecule has 0 radical (unpaired) electrons. The Morgan fingerprint density at radius 1 is 1.23 bits per heavy atom. The van der Waals surface area contributed by atoms with Gasteiger partial charge in [0.05, 0.1) is 6.61 Å². The Morgan fingerprint density at radius 2 is 1.92 bits per heavy atom. The number of hydrogen-bond donors (Lipinski definition) is 0. The van der Waals surface area contributed by atoms with Crippen LogP contribution in [0.25, 0.3) is 0 Å². The largest absolute Gasteiger partial charge is 0.462 e. The first-order valence-corrected chi connectivity index (χ1v) is 9.60. The summed E-state index contributed by atoms with van der Waals surface area (Å²) in [5.41, 5.74) is 2.68. The Hall–Kier alpha value is -2.14. The number of aromatic nitrogens is 1. The van der Waals surface area contributed by atoms with Crippen LogP contribution in [0.15, 0.2) is 34.9 Å². The monoisotopic (exact) mass is 354 g/mol. The molecule has 2 saturated heterocycles. The number of hydrogen-bond acceptors (Lipinski definition) is 5. The van der Waals surface area contributed by atoms with Gasteiger partial charge in [0.25, 0.3) is 0 Å². The van der Waals surface area contributed by atoms with Crippen molar-refractivity contribution in [2.45, 2.75) is 64.1 Å². The first kappa shape index (κ1) is 17.3. The molecule has 2 aliphatic rings. The van der Waals surface area contributed by atoms with Crippen LogP contribution in [0.2, 0.25) is 0 Å². The van der Waals surface area contributed by atoms with Gasteiger partial charge >= 0.3 is 5.97 Å². The number of aryl methyl sites for hydroxylation is 1. The van der Waals surface area contributed by atoms with Gasteiger partial charge in [-0.05, 0) is 51.0 Å². The van der Waals surface area contributed by atoms with Crippen LogP contribution in [0.5, 0.6) is 0 Å². The van der Waals surface area contributed by atoms with Gasteiger partial charge in [0.2, 0.25) is 0 Å². The molecule has 0 amide bonds. The van der Waals surface area contributed by atoms with Gasteiger partial charge in [0, 0.05) is 18.6 Å². The van der Waals surface area contributed by atoms with E-state index in [0.717, 1.165) is 5.69 Å². The van der Waals surface area contributed by atoms with Crippen molar-refractivity contribution in [2.24, 2.45) is 0 Å². The topological polar surface area (TPSA) is 55.6 Å². The van der Waals surface area contributed by atoms with E-state index in [2.05, 4.69) is 40.4 Å². The number of carbonyl (C=O) groups excluding carboxylic acids is 1. The van der Waals surface area contributed by atoms with Crippen molar-refractivity contribution in [1.29, 1.82) is 0 Å². The Kier molecular flexibility index (Phi) is 4.81. The summed E-state index contributed by atoms with van der Waals surface area (Å²) in [7, 11) is 0. The average molecular weight is 354 g/mol. The Morgan fingerprint density at radius 3 is 2.58 bits per heavy atom. The van der Waals surface area contributed by atoms with Gasteiger partial charge < -0.3 is 9.26 Å². The summed E-state index contributed by atoms with van der Waals surface area (Å²) in [5.74, 6) is 0.853. The van der Waals surface area contributed by atoms with Crippen LogP contribution in [0.3, 0.4) is 0 Å². The summed E-state index contributed by atoms with van der Waals surface area (Å²) in [6.45, 7) is 4.62. The van der Waals surface area contributed by atoms with E-state index in [9.17, 15) is 4.79 Å². The minimum absolute atomic E-state index is 0.326. The highest BCUT2D eigenvalue weighted by Crippen LogP contribution is 2.43. The van der Waals surface area contributed by atoms with Crippen molar-refractivity contribution in [3.8, 4) is 0 Å². The lowest BCUT2D eigenvalue weighted by Gasteiger charge is -2.38. The molecule has 0 N–H and O–H groups in total. The van der Waals surface area contributed by atoms with Crippen molar-refractivity contribution in [3.05, 3.63) is 52.9 Å². The molecular weight excluding hydrogens is 328 g/mol. The molecular formula is C21H26N2O3. The number of ether oxygens (including phenoxy) is 1. The zero-order valence-electron chi connectivity index (χ0n) is 15.5. The maximum atomic E-state index is 12.3. The average Bonchev–Trinajstić information content (AvgIpc) is 3.11. The molecule has 0 aliphatic carbocycles. The fourth-order valence-electron chi connectivity index (χ4n) is 4.69. The zero-order chi connectivity index (χ0) is 18.1. The molecule has 5 heteroatoms. The number of piperidine rings is 1. The van der Waals surface area contributed by atoms with E-state index in [4.69, 9.17) is 9.26 Å². The summed E-state index contributed by atoms with van der Waals surface area (Å²) in [4.78, 5) is 14.8. The number of carbonyl (C=O) groups is 1. The zero-order valence-corrected chi connectivity index (χ0v) is 15.5. The van der Waals surface area contributed by atoms with Crippen molar-refractivity contribution >= 4 is 5.97 Å². The number of rotatable bonds is 5. The SMILES string of the molecule is CCOC(=O)c1c(CN2[C@@H]3CC[C@H]2CC(c2ccccc2)C3)noc1C. The molecule has 2 bridgehead atoms. The lowest BCUT2D eigenvalue weighted by molar-refractivity contribution is 0.0519. The van der Waals surface area contributed by atoms with E-state index in [1.807, 2.05) is 6.92 Å². The van der Waals surface area contributed by atoms with Gasteiger partial charge in [0.15, 0.2) is 0 Å². The predicted octanol–water partition coefficient (Wildman–Crippen LogP) is 4.07. The number of fused-ring (bicyclic) bond motifs is 2. The summed E-state index contributed by atoms with van der Waals surface area (Å²) < 4.78 is 10.5. The molecule has 2 aromatic rings. The molecule has 3 atom stereocenters. The van der Waals surface area contributed by atoms with Crippen LogP contribution in [-0.2, 0) is 11.3 Å². The number of esters is 1. The quantitative estimate of drug-likeness (QED) is 0.758. The van der Waals surface area contributed by atoms with E-state index in [1.54, 1.807) is 6.92 Å².